The molecule has 0 spiro atoms. The second-order valence-electron chi connectivity index (χ2n) is 1.58. The van der Waals surface area contributed by atoms with Gasteiger partial charge in [0.25, 0.3) is 0 Å². The second kappa shape index (κ2) is 5.16. The molecule has 1 N–H and O–H groups in total. The standard InChI is InChI=1S/C4H10NO2P/c1-4(3-7-2)5-8-6/h4H,3H2,1-2H3,(H,5,6)/t4-/m0/s1. The van der Waals surface area contributed by atoms with Gasteiger partial charge in [-0.3, -0.25) is 4.57 Å². The van der Waals surface area contributed by atoms with Crippen molar-refractivity contribution in [2.75, 3.05) is 13.7 Å². The molecule has 0 fully saturated rings. The molecule has 0 saturated carbocycles. The molecule has 0 bridgehead atoms. The van der Waals surface area contributed by atoms with Crippen LogP contribution in [0.3, 0.4) is 0 Å². The Morgan fingerprint density at radius 2 is 2.50 bits per heavy atom. The number of hydrogen-bond donors (Lipinski definition) is 1. The first-order valence-corrected chi connectivity index (χ1v) is 3.19. The predicted octanol–water partition coefficient (Wildman–Crippen LogP) is 0.818. The first-order chi connectivity index (χ1) is 3.81. The highest BCUT2D eigenvalue weighted by atomic mass is 31.1. The molecule has 0 rings (SSSR count). The van der Waals surface area contributed by atoms with Crippen LogP contribution in [0.25, 0.3) is 0 Å². The summed E-state index contributed by atoms with van der Waals surface area (Å²) >= 11 is 0. The van der Waals surface area contributed by atoms with Crippen LogP contribution in [-0.2, 0) is 9.30 Å². The zero-order valence-corrected chi connectivity index (χ0v) is 5.94. The van der Waals surface area contributed by atoms with E-state index in [1.165, 1.54) is 0 Å². The minimum atomic E-state index is -0.0312. The fourth-order valence-electron chi connectivity index (χ4n) is 0.377. The van der Waals surface area contributed by atoms with Crippen molar-refractivity contribution in [3.8, 4) is 0 Å². The molecule has 0 heterocycles. The Kier molecular flexibility index (Phi) is 5.18. The van der Waals surface area contributed by atoms with Crippen LogP contribution in [0.5, 0.6) is 0 Å². The quantitative estimate of drug-likeness (QED) is 0.580. The van der Waals surface area contributed by atoms with Crippen LogP contribution < -0.4 is 5.09 Å². The van der Waals surface area contributed by atoms with Crippen molar-refractivity contribution >= 4 is 8.61 Å². The van der Waals surface area contributed by atoms with Crippen LogP contribution in [0.2, 0.25) is 0 Å². The first kappa shape index (κ1) is 8.02. The number of rotatable bonds is 4. The van der Waals surface area contributed by atoms with Crippen molar-refractivity contribution in [2.24, 2.45) is 0 Å². The molecular formula is C4H10NO2P. The van der Waals surface area contributed by atoms with Gasteiger partial charge in [0.1, 0.15) is 0 Å². The maximum atomic E-state index is 9.82. The number of nitrogens with one attached hydrogen (secondary N) is 1. The van der Waals surface area contributed by atoms with Crippen molar-refractivity contribution in [2.45, 2.75) is 13.0 Å². The molecule has 0 aromatic rings. The van der Waals surface area contributed by atoms with Crippen molar-refractivity contribution in [1.82, 2.24) is 5.09 Å². The van der Waals surface area contributed by atoms with E-state index in [4.69, 9.17) is 4.74 Å². The molecule has 0 aliphatic rings. The molecule has 0 aliphatic carbocycles. The third-order valence-corrected chi connectivity index (χ3v) is 1.24. The normalized spacial score (nSPS) is 14.2. The first-order valence-electron chi connectivity index (χ1n) is 2.38. The zero-order chi connectivity index (χ0) is 6.41. The van der Waals surface area contributed by atoms with Crippen molar-refractivity contribution < 1.29 is 9.30 Å². The summed E-state index contributed by atoms with van der Waals surface area (Å²) in [6.07, 6.45) is 0. The fourth-order valence-corrected chi connectivity index (χ4v) is 0.632. The number of ether oxygens (including phenoxy) is 1. The molecule has 3 nitrogen and oxygen atoms in total. The van der Waals surface area contributed by atoms with E-state index in [0.717, 1.165) is 0 Å². The summed E-state index contributed by atoms with van der Waals surface area (Å²) in [6.45, 7) is 2.49. The van der Waals surface area contributed by atoms with E-state index < -0.39 is 0 Å². The summed E-state index contributed by atoms with van der Waals surface area (Å²) in [4.78, 5) is 0. The molecule has 0 saturated heterocycles. The lowest BCUT2D eigenvalue weighted by molar-refractivity contribution is 0.180. The van der Waals surface area contributed by atoms with E-state index in [9.17, 15) is 4.57 Å². The molecule has 0 unspecified atom stereocenters. The Morgan fingerprint density at radius 3 is 2.88 bits per heavy atom. The van der Waals surface area contributed by atoms with Gasteiger partial charge < -0.3 is 4.74 Å². The molecule has 4 heteroatoms. The molecular weight excluding hydrogens is 125 g/mol. The van der Waals surface area contributed by atoms with Crippen LogP contribution in [-0.4, -0.2) is 19.8 Å². The third-order valence-electron chi connectivity index (χ3n) is 0.690. The average Bonchev–Trinajstić information content (AvgIpc) is 1.68. The molecule has 0 radical (unpaired) electrons. The molecule has 8 heavy (non-hydrogen) atoms. The van der Waals surface area contributed by atoms with E-state index in [1.807, 2.05) is 6.92 Å². The van der Waals surface area contributed by atoms with Gasteiger partial charge in [-0.2, -0.15) is 0 Å². The smallest absolute Gasteiger partial charge is 0.246 e. The van der Waals surface area contributed by atoms with Gasteiger partial charge in [-0.05, 0) is 6.92 Å². The highest BCUT2D eigenvalue weighted by Gasteiger charge is 1.95. The van der Waals surface area contributed by atoms with Crippen LogP contribution >= 0.6 is 8.61 Å². The third kappa shape index (κ3) is 4.19. The van der Waals surface area contributed by atoms with Crippen molar-refractivity contribution in [3.05, 3.63) is 0 Å². The number of methoxy groups -OCH3 is 1. The number of hydrogen-bond acceptors (Lipinski definition) is 2. The highest BCUT2D eigenvalue weighted by Crippen LogP contribution is 1.88. The molecule has 0 amide bonds. The van der Waals surface area contributed by atoms with Crippen LogP contribution in [0.1, 0.15) is 6.92 Å². The topological polar surface area (TPSA) is 38.3 Å². The van der Waals surface area contributed by atoms with E-state index in [1.54, 1.807) is 7.11 Å². The summed E-state index contributed by atoms with van der Waals surface area (Å²) in [5.74, 6) is 0. The SMILES string of the molecule is COC[C@H](C)NP=O. The summed E-state index contributed by atoms with van der Waals surface area (Å²) in [5, 5.41) is 2.64. The zero-order valence-electron chi connectivity index (χ0n) is 5.05. The minimum absolute atomic E-state index is 0.0312. The molecule has 0 aromatic heterocycles. The lowest BCUT2D eigenvalue weighted by Crippen LogP contribution is -2.21. The lowest BCUT2D eigenvalue weighted by Gasteiger charge is -2.03. The average molecular weight is 135 g/mol. The Balaban J connectivity index is 3.03. The molecule has 0 aromatic carbocycles. The van der Waals surface area contributed by atoms with Gasteiger partial charge in [-0.25, -0.2) is 5.09 Å². The van der Waals surface area contributed by atoms with Crippen LogP contribution in [0, 0.1) is 0 Å². The Morgan fingerprint density at radius 1 is 1.88 bits per heavy atom. The second-order valence-corrected chi connectivity index (χ2v) is 2.02. The van der Waals surface area contributed by atoms with Gasteiger partial charge in [-0.15, -0.1) is 0 Å². The Labute approximate surface area is 50.7 Å². The van der Waals surface area contributed by atoms with Crippen LogP contribution in [0.15, 0.2) is 0 Å². The summed E-state index contributed by atoms with van der Waals surface area (Å²) < 4.78 is 14.6. The largest absolute Gasteiger partial charge is 0.383 e. The lowest BCUT2D eigenvalue weighted by atomic mass is 10.4. The summed E-state index contributed by atoms with van der Waals surface area (Å²) in [6, 6.07) is 0.166. The maximum Gasteiger partial charge on any atom is 0.246 e. The predicted molar refractivity (Wildman–Crippen MR) is 32.1 cm³/mol. The van der Waals surface area contributed by atoms with E-state index >= 15 is 0 Å². The van der Waals surface area contributed by atoms with Gasteiger partial charge >= 0.3 is 0 Å². The van der Waals surface area contributed by atoms with Gasteiger partial charge in [0, 0.05) is 13.2 Å². The Bertz CT molecular complexity index is 69.1. The summed E-state index contributed by atoms with van der Waals surface area (Å²) in [5.41, 5.74) is 0. The molecule has 48 valence electrons. The minimum Gasteiger partial charge on any atom is -0.383 e. The van der Waals surface area contributed by atoms with Crippen molar-refractivity contribution in [1.29, 1.82) is 0 Å². The van der Waals surface area contributed by atoms with Gasteiger partial charge in [0.2, 0.25) is 8.61 Å². The molecule has 0 aliphatic heterocycles. The van der Waals surface area contributed by atoms with E-state index in [2.05, 4.69) is 5.09 Å². The van der Waals surface area contributed by atoms with Gasteiger partial charge in [-0.1, -0.05) is 0 Å². The molecule has 1 atom stereocenters. The van der Waals surface area contributed by atoms with Crippen LogP contribution in [0.4, 0.5) is 0 Å². The van der Waals surface area contributed by atoms with Gasteiger partial charge in [0.05, 0.1) is 6.61 Å². The van der Waals surface area contributed by atoms with Gasteiger partial charge in [0.15, 0.2) is 0 Å². The maximum absolute atomic E-state index is 9.82. The summed E-state index contributed by atoms with van der Waals surface area (Å²) in [7, 11) is 1.58. The van der Waals surface area contributed by atoms with E-state index in [0.29, 0.717) is 6.61 Å². The fraction of sp³-hybridized carbons (Fsp3) is 1.00. The Hall–Kier alpha value is 0.0200. The van der Waals surface area contributed by atoms with Crippen molar-refractivity contribution in [3.63, 3.8) is 0 Å². The van der Waals surface area contributed by atoms with E-state index in [-0.39, 0.29) is 14.7 Å². The monoisotopic (exact) mass is 135 g/mol. The highest BCUT2D eigenvalue weighted by molar-refractivity contribution is 7.21.